The van der Waals surface area contributed by atoms with Crippen molar-refractivity contribution < 1.29 is 0 Å². The molecule has 4 nitrogen and oxygen atoms in total. The van der Waals surface area contributed by atoms with Gasteiger partial charge in [0.05, 0.1) is 5.69 Å². The summed E-state index contributed by atoms with van der Waals surface area (Å²) in [6.45, 7) is 9.80. The van der Waals surface area contributed by atoms with Crippen LogP contribution in [0.4, 0.5) is 0 Å². The van der Waals surface area contributed by atoms with Crippen molar-refractivity contribution in [2.24, 2.45) is 7.05 Å². The van der Waals surface area contributed by atoms with Gasteiger partial charge in [-0.3, -0.25) is 4.68 Å². The van der Waals surface area contributed by atoms with E-state index in [1.807, 2.05) is 11.7 Å². The van der Waals surface area contributed by atoms with Gasteiger partial charge >= 0.3 is 0 Å². The molecule has 1 rings (SSSR count). The minimum atomic E-state index is 0.0542. The van der Waals surface area contributed by atoms with E-state index in [0.29, 0.717) is 6.04 Å². The van der Waals surface area contributed by atoms with Crippen molar-refractivity contribution in [1.29, 1.82) is 0 Å². The largest absolute Gasteiger partial charge is 0.314 e. The van der Waals surface area contributed by atoms with Crippen LogP contribution in [0.2, 0.25) is 0 Å². The van der Waals surface area contributed by atoms with Gasteiger partial charge in [0.15, 0.2) is 4.60 Å². The first-order valence-electron chi connectivity index (χ1n) is 5.67. The fourth-order valence-corrected chi connectivity index (χ4v) is 3.20. The van der Waals surface area contributed by atoms with Gasteiger partial charge in [0.1, 0.15) is 0 Å². The first-order valence-corrected chi connectivity index (χ1v) is 6.46. The number of nitrogens with one attached hydrogen (secondary N) is 1. The molecule has 0 radical (unpaired) electrons. The van der Waals surface area contributed by atoms with E-state index in [4.69, 9.17) is 0 Å². The minimum absolute atomic E-state index is 0.0542. The number of rotatable bonds is 5. The smallest absolute Gasteiger partial charge is 0.152 e. The third kappa shape index (κ3) is 3.04. The minimum Gasteiger partial charge on any atom is -0.314 e. The summed E-state index contributed by atoms with van der Waals surface area (Å²) in [4.78, 5) is 0. The Balaban J connectivity index is 2.85. The van der Waals surface area contributed by atoms with Crippen molar-refractivity contribution in [3.63, 3.8) is 0 Å². The molecule has 92 valence electrons. The summed E-state index contributed by atoms with van der Waals surface area (Å²) in [5, 5.41) is 11.5. The first kappa shape index (κ1) is 13.6. The van der Waals surface area contributed by atoms with E-state index in [9.17, 15) is 0 Å². The number of halogens is 1. The monoisotopic (exact) mass is 288 g/mol. The van der Waals surface area contributed by atoms with Crippen LogP contribution in [0.1, 0.15) is 39.8 Å². The molecule has 0 bridgehead atoms. The van der Waals surface area contributed by atoms with E-state index < -0.39 is 0 Å². The van der Waals surface area contributed by atoms with Crippen LogP contribution in [0.3, 0.4) is 0 Å². The number of aryl methyl sites for hydroxylation is 1. The zero-order chi connectivity index (χ0) is 12.3. The predicted octanol–water partition coefficient (Wildman–Crippen LogP) is 2.24. The molecule has 0 spiro atoms. The molecule has 0 amide bonds. The maximum Gasteiger partial charge on any atom is 0.152 e. The van der Waals surface area contributed by atoms with Crippen LogP contribution in [0.15, 0.2) is 4.60 Å². The normalized spacial score (nSPS) is 14.1. The van der Waals surface area contributed by atoms with Gasteiger partial charge in [-0.25, -0.2) is 0 Å². The summed E-state index contributed by atoms with van der Waals surface area (Å²) >= 11 is 3.47. The number of hydrogen-bond acceptors (Lipinski definition) is 3. The van der Waals surface area contributed by atoms with E-state index >= 15 is 0 Å². The summed E-state index contributed by atoms with van der Waals surface area (Å²) in [5.74, 6) is 0. The van der Waals surface area contributed by atoms with Crippen molar-refractivity contribution in [2.45, 2.75) is 45.6 Å². The number of hydrogen-bond donors (Lipinski definition) is 1. The van der Waals surface area contributed by atoms with Crippen molar-refractivity contribution in [2.75, 3.05) is 6.54 Å². The SMILES string of the molecule is CCNC(C)CC(C)(C)c1c(Br)nnn1C. The Hall–Kier alpha value is -0.420. The van der Waals surface area contributed by atoms with E-state index in [1.165, 1.54) is 0 Å². The lowest BCUT2D eigenvalue weighted by Gasteiger charge is -2.28. The topological polar surface area (TPSA) is 42.7 Å². The van der Waals surface area contributed by atoms with Crippen LogP contribution in [-0.2, 0) is 12.5 Å². The van der Waals surface area contributed by atoms with Gasteiger partial charge in [-0.2, -0.15) is 0 Å². The van der Waals surface area contributed by atoms with Crippen LogP contribution in [-0.4, -0.2) is 27.6 Å². The lowest BCUT2D eigenvalue weighted by Crippen LogP contribution is -2.34. The summed E-state index contributed by atoms with van der Waals surface area (Å²) in [7, 11) is 1.94. The highest BCUT2D eigenvalue weighted by molar-refractivity contribution is 9.10. The maximum atomic E-state index is 4.04. The molecule has 0 fully saturated rings. The second-order valence-electron chi connectivity index (χ2n) is 4.90. The van der Waals surface area contributed by atoms with Crippen molar-refractivity contribution in [3.8, 4) is 0 Å². The van der Waals surface area contributed by atoms with Crippen LogP contribution in [0.25, 0.3) is 0 Å². The fraction of sp³-hybridized carbons (Fsp3) is 0.818. The van der Waals surface area contributed by atoms with Gasteiger partial charge in [0.25, 0.3) is 0 Å². The van der Waals surface area contributed by atoms with E-state index in [2.05, 4.69) is 59.3 Å². The predicted molar refractivity (Wildman–Crippen MR) is 69.5 cm³/mol. The molecular formula is C11H21BrN4. The van der Waals surface area contributed by atoms with E-state index in [0.717, 1.165) is 23.3 Å². The Labute approximate surface area is 106 Å². The molecule has 16 heavy (non-hydrogen) atoms. The molecule has 1 aromatic heterocycles. The Kier molecular flexibility index (Phi) is 4.50. The van der Waals surface area contributed by atoms with Crippen LogP contribution < -0.4 is 5.32 Å². The van der Waals surface area contributed by atoms with E-state index in [1.54, 1.807) is 0 Å². The molecule has 0 aliphatic heterocycles. The zero-order valence-electron chi connectivity index (χ0n) is 10.7. The first-order chi connectivity index (χ1) is 7.38. The van der Waals surface area contributed by atoms with Crippen molar-refractivity contribution in [1.82, 2.24) is 20.3 Å². The molecule has 1 atom stereocenters. The lowest BCUT2D eigenvalue weighted by molar-refractivity contribution is 0.373. The Morgan fingerprint density at radius 3 is 2.56 bits per heavy atom. The fourth-order valence-electron chi connectivity index (χ4n) is 2.33. The zero-order valence-corrected chi connectivity index (χ0v) is 12.3. The van der Waals surface area contributed by atoms with Crippen molar-refractivity contribution in [3.05, 3.63) is 10.3 Å². The van der Waals surface area contributed by atoms with Crippen molar-refractivity contribution >= 4 is 15.9 Å². The average molecular weight is 289 g/mol. The molecule has 0 saturated heterocycles. The molecule has 0 aliphatic rings. The quantitative estimate of drug-likeness (QED) is 0.904. The molecular weight excluding hydrogens is 268 g/mol. The summed E-state index contributed by atoms with van der Waals surface area (Å²) in [6.07, 6.45) is 1.06. The van der Waals surface area contributed by atoms with Crippen LogP contribution in [0, 0.1) is 0 Å². The summed E-state index contributed by atoms with van der Waals surface area (Å²) < 4.78 is 2.70. The van der Waals surface area contributed by atoms with Gasteiger partial charge in [-0.1, -0.05) is 26.0 Å². The van der Waals surface area contributed by atoms with E-state index in [-0.39, 0.29) is 5.41 Å². The summed E-state index contributed by atoms with van der Waals surface area (Å²) in [5.41, 5.74) is 1.20. The third-order valence-electron chi connectivity index (χ3n) is 2.80. The van der Waals surface area contributed by atoms with Gasteiger partial charge < -0.3 is 5.32 Å². The van der Waals surface area contributed by atoms with Gasteiger partial charge in [0, 0.05) is 18.5 Å². The standard InChI is InChI=1S/C11H21BrN4/c1-6-13-8(2)7-11(3,4)9-10(12)14-15-16(9)5/h8,13H,6-7H2,1-5H3. The molecule has 5 heteroatoms. The highest BCUT2D eigenvalue weighted by atomic mass is 79.9. The molecule has 0 aliphatic carbocycles. The van der Waals surface area contributed by atoms with Gasteiger partial charge in [0.2, 0.25) is 0 Å². The van der Waals surface area contributed by atoms with Gasteiger partial charge in [-0.05, 0) is 35.8 Å². The highest BCUT2D eigenvalue weighted by Gasteiger charge is 2.29. The van der Waals surface area contributed by atoms with Gasteiger partial charge in [-0.15, -0.1) is 5.10 Å². The van der Waals surface area contributed by atoms with Crippen LogP contribution in [0.5, 0.6) is 0 Å². The molecule has 1 N–H and O–H groups in total. The Morgan fingerprint density at radius 1 is 1.50 bits per heavy atom. The molecule has 0 saturated carbocycles. The number of nitrogens with zero attached hydrogens (tertiary/aromatic N) is 3. The third-order valence-corrected chi connectivity index (χ3v) is 3.33. The average Bonchev–Trinajstić information content (AvgIpc) is 2.45. The molecule has 1 aromatic rings. The Bertz CT molecular complexity index is 326. The molecule has 1 unspecified atom stereocenters. The molecule has 1 heterocycles. The highest BCUT2D eigenvalue weighted by Crippen LogP contribution is 2.32. The lowest BCUT2D eigenvalue weighted by atomic mass is 9.83. The Morgan fingerprint density at radius 2 is 2.12 bits per heavy atom. The number of aromatic nitrogens is 3. The second-order valence-corrected chi connectivity index (χ2v) is 5.65. The van der Waals surface area contributed by atoms with Crippen LogP contribution >= 0.6 is 15.9 Å². The summed E-state index contributed by atoms with van der Waals surface area (Å²) in [6, 6.07) is 0.488. The molecule has 0 aromatic carbocycles. The maximum absolute atomic E-state index is 4.04. The second kappa shape index (κ2) is 5.27.